The number of ketones is 1. The molecule has 0 radical (unpaired) electrons. The molecule has 0 aromatic carbocycles. The Morgan fingerprint density at radius 1 is 0.320 bits per heavy atom. The summed E-state index contributed by atoms with van der Waals surface area (Å²) in [7, 11) is 0. The fraction of sp³-hybridized carbons (Fsp3) is 0.853. The molecule has 0 bridgehead atoms. The summed E-state index contributed by atoms with van der Waals surface area (Å²) in [6.45, 7) is 11.5. The van der Waals surface area contributed by atoms with Crippen LogP contribution in [0.2, 0.25) is 0 Å². The highest BCUT2D eigenvalue weighted by molar-refractivity contribution is 5.95. The van der Waals surface area contributed by atoms with Gasteiger partial charge in [-0.05, 0) is 135 Å². The van der Waals surface area contributed by atoms with Gasteiger partial charge in [0.15, 0.2) is 17.7 Å². The topological polar surface area (TPSA) is 431 Å². The molecule has 1 unspecified atom stereocenters. The number of aliphatic imine (C=N–C) groups is 2. The van der Waals surface area contributed by atoms with Crippen LogP contribution in [0.1, 0.15) is 330 Å². The Morgan fingerprint density at radius 2 is 0.630 bits per heavy atom. The van der Waals surface area contributed by atoms with Crippen LogP contribution in [-0.2, 0) is 43.2 Å². The molecule has 0 saturated carbocycles. The van der Waals surface area contributed by atoms with E-state index in [4.69, 9.17) is 34.4 Å². The molecular weight excluding hydrogens is 1270 g/mol. The largest absolute Gasteiger partial charge is 0.370 e. The van der Waals surface area contributed by atoms with Crippen LogP contribution in [0.25, 0.3) is 0 Å². The van der Waals surface area contributed by atoms with E-state index in [0.717, 1.165) is 38.5 Å². The zero-order valence-corrected chi connectivity index (χ0v) is 63.3. The zero-order valence-electron chi connectivity index (χ0n) is 63.3. The van der Waals surface area contributed by atoms with E-state index in [2.05, 4.69) is 66.4 Å². The van der Waals surface area contributed by atoms with E-state index in [1.165, 1.54) is 129 Å². The number of Topliss-reactive ketones (excluding diaryl/α,β-unsaturated/α-hetero) is 1. The molecule has 0 aliphatic carbocycles. The van der Waals surface area contributed by atoms with Crippen LogP contribution in [-0.4, -0.2) is 140 Å². The zero-order chi connectivity index (χ0) is 74.2. The van der Waals surface area contributed by atoms with Gasteiger partial charge in [-0.25, -0.2) is 0 Å². The van der Waals surface area contributed by atoms with Crippen molar-refractivity contribution in [1.82, 2.24) is 42.5 Å². The second kappa shape index (κ2) is 65.0. The van der Waals surface area contributed by atoms with Gasteiger partial charge in [0, 0.05) is 45.4 Å². The number of hydrogen-bond donors (Lipinski definition) is 14. The number of nitrogens with two attached hydrogens (primary N) is 6. The fourth-order valence-corrected chi connectivity index (χ4v) is 12.1. The van der Waals surface area contributed by atoms with Gasteiger partial charge in [-0.2, -0.15) is 0 Å². The molecule has 580 valence electrons. The normalized spacial score (nSPS) is 13.3. The van der Waals surface area contributed by atoms with Crippen molar-refractivity contribution in [3.05, 3.63) is 0 Å². The van der Waals surface area contributed by atoms with Gasteiger partial charge in [0.25, 0.3) is 0 Å². The second-order valence-electron chi connectivity index (χ2n) is 27.8. The number of unbranched alkanes of at least 4 members (excludes halogenated alkanes) is 29. The molecular formula is C75H146N16O9. The lowest BCUT2D eigenvalue weighted by molar-refractivity contribution is -0.134. The molecule has 20 N–H and O–H groups in total. The first-order valence-corrected chi connectivity index (χ1v) is 39.6. The van der Waals surface area contributed by atoms with Crippen LogP contribution in [0.4, 0.5) is 0 Å². The second-order valence-corrected chi connectivity index (χ2v) is 27.8. The summed E-state index contributed by atoms with van der Waals surface area (Å²) in [5.74, 6) is -4.00. The number of carbonyl (C=O) groups excluding carboxylic acids is 9. The lowest BCUT2D eigenvalue weighted by Crippen LogP contribution is -2.57. The molecule has 25 nitrogen and oxygen atoms in total. The van der Waals surface area contributed by atoms with Crippen LogP contribution in [0, 0.1) is 5.92 Å². The number of hydrogen-bond acceptors (Lipinski definition) is 13. The molecule has 0 aromatic heterocycles. The molecule has 0 rings (SSSR count). The van der Waals surface area contributed by atoms with Gasteiger partial charge >= 0.3 is 0 Å². The highest BCUT2D eigenvalue weighted by Gasteiger charge is 2.32. The summed E-state index contributed by atoms with van der Waals surface area (Å²) in [5, 5.41) is 23.3. The van der Waals surface area contributed by atoms with Crippen molar-refractivity contribution in [2.45, 2.75) is 366 Å². The lowest BCUT2D eigenvalue weighted by Gasteiger charge is -2.27. The minimum atomic E-state index is -1.09. The van der Waals surface area contributed by atoms with Gasteiger partial charge in [-0.15, -0.1) is 0 Å². The number of nitrogens with one attached hydrogen (secondary N) is 8. The van der Waals surface area contributed by atoms with Crippen molar-refractivity contribution >= 4 is 65.0 Å². The highest BCUT2D eigenvalue weighted by atomic mass is 16.2. The van der Waals surface area contributed by atoms with Gasteiger partial charge in [0.2, 0.25) is 47.3 Å². The Morgan fingerprint density at radius 3 is 1.03 bits per heavy atom. The van der Waals surface area contributed by atoms with E-state index >= 15 is 0 Å². The Labute approximate surface area is 603 Å². The number of amides is 8. The predicted octanol–water partition coefficient (Wildman–Crippen LogP) is 8.82. The molecule has 7 atom stereocenters. The Hall–Kier alpha value is -6.11. The number of carbonyl (C=O) groups is 9. The molecule has 0 spiro atoms. The van der Waals surface area contributed by atoms with Crippen molar-refractivity contribution in [3.63, 3.8) is 0 Å². The first kappa shape index (κ1) is 93.9. The summed E-state index contributed by atoms with van der Waals surface area (Å²) in [6.07, 6.45) is 39.7. The Kier molecular flexibility index (Phi) is 61.0. The average molecular weight is 1420 g/mol. The number of guanidine groups is 2. The molecule has 8 amide bonds. The van der Waals surface area contributed by atoms with Crippen molar-refractivity contribution in [1.29, 1.82) is 0 Å². The third-order valence-electron chi connectivity index (χ3n) is 18.6. The predicted molar refractivity (Wildman–Crippen MR) is 406 cm³/mol. The third kappa shape index (κ3) is 53.7. The van der Waals surface area contributed by atoms with E-state index in [1.807, 2.05) is 13.8 Å². The van der Waals surface area contributed by atoms with Gasteiger partial charge in [0.05, 0.1) is 6.04 Å². The molecule has 0 heterocycles. The summed E-state index contributed by atoms with van der Waals surface area (Å²) in [4.78, 5) is 131. The molecule has 25 heteroatoms. The van der Waals surface area contributed by atoms with Crippen LogP contribution in [0.3, 0.4) is 0 Å². The van der Waals surface area contributed by atoms with Gasteiger partial charge in [0.1, 0.15) is 30.2 Å². The first-order valence-electron chi connectivity index (χ1n) is 39.6. The molecule has 0 aromatic rings. The summed E-state index contributed by atoms with van der Waals surface area (Å²) in [5.41, 5.74) is 33.6. The average Bonchev–Trinajstić information content (AvgIpc) is 0.879. The quantitative estimate of drug-likeness (QED) is 0.0154. The van der Waals surface area contributed by atoms with Crippen molar-refractivity contribution in [3.8, 4) is 0 Å². The van der Waals surface area contributed by atoms with Crippen molar-refractivity contribution in [2.24, 2.45) is 50.3 Å². The van der Waals surface area contributed by atoms with Crippen LogP contribution < -0.4 is 76.9 Å². The number of rotatable bonds is 69. The molecule has 0 saturated heterocycles. The van der Waals surface area contributed by atoms with E-state index in [1.54, 1.807) is 0 Å². The van der Waals surface area contributed by atoms with Crippen LogP contribution in [0.5, 0.6) is 0 Å². The fourth-order valence-electron chi connectivity index (χ4n) is 12.1. The number of nitrogens with zero attached hydrogens (tertiary/aromatic N) is 2. The highest BCUT2D eigenvalue weighted by Crippen LogP contribution is 2.17. The van der Waals surface area contributed by atoms with E-state index in [0.29, 0.717) is 122 Å². The summed E-state index contributed by atoms with van der Waals surface area (Å²) in [6, 6.07) is -5.84. The molecule has 0 aliphatic rings. The third-order valence-corrected chi connectivity index (χ3v) is 18.6. The van der Waals surface area contributed by atoms with E-state index in [9.17, 15) is 43.2 Å². The maximum absolute atomic E-state index is 14.3. The standard InChI is InChI=1S/C75H146N16O9/c1-6-9-11-13-15-17-19-21-23-25-27-29-32-49-65(93)82-54-41-37-46-62(86-66(94)50-33-30-28-26-24-22-20-18-16-14-12-10-7-2)70(97)89-63(45-36-39-53-77)72(99)88-61(44-35-38-52-76)69(96)83-55-40-31-34-51-67(95)91-68(58(4)8-3)73(100)90-64(48-43-57-85-75(80)81)71(98)87-60(59(5)92)47-42-56-84-74(78)79/h58,60-64,68H,6-57,76-77H2,1-5H3,(H,82,93)(H,83,96)(H,86,94)(H,87,98)(H,88,99)(H,89,97)(H,90,100)(H,91,95)(H4,78,79,84)(H4,80,81,85)/t58?,60-,61-,62-,63-,64-,68-/m0/s1. The van der Waals surface area contributed by atoms with Crippen LogP contribution in [0.15, 0.2) is 9.98 Å². The van der Waals surface area contributed by atoms with E-state index < -0.39 is 65.8 Å². The smallest absolute Gasteiger partial charge is 0.243 e. The molecule has 0 fully saturated rings. The molecule has 0 aliphatic heterocycles. The van der Waals surface area contributed by atoms with Gasteiger partial charge in [-0.1, -0.05) is 195 Å². The maximum atomic E-state index is 14.3. The Bertz CT molecular complexity index is 2230. The van der Waals surface area contributed by atoms with Gasteiger partial charge in [-0.3, -0.25) is 53.1 Å². The molecule has 100 heavy (non-hydrogen) atoms. The lowest BCUT2D eigenvalue weighted by atomic mass is 9.97. The minimum Gasteiger partial charge on any atom is -0.370 e. The summed E-state index contributed by atoms with van der Waals surface area (Å²) >= 11 is 0. The minimum absolute atomic E-state index is 0.0172. The SMILES string of the molecule is CCCCCCCCCCCCCCCC(=O)NCCCC[C@H](NC(=O)CCCCCCCCCCCCCCC)C(=O)N[C@@H](CCCCN)C(=O)N[C@@H](CCCCN)C(=O)NCCCCCC(=O)N[C@H](C(=O)N[C@@H](CCCN=C(N)N)C(=O)N[C@@H](CCCN=C(N)N)C(C)=O)C(C)CC. The first-order chi connectivity index (χ1) is 48.2. The maximum Gasteiger partial charge on any atom is 0.243 e. The summed E-state index contributed by atoms with van der Waals surface area (Å²) < 4.78 is 0. The van der Waals surface area contributed by atoms with Crippen molar-refractivity contribution < 1.29 is 43.2 Å². The monoisotopic (exact) mass is 1420 g/mol. The van der Waals surface area contributed by atoms with E-state index in [-0.39, 0.29) is 93.1 Å². The van der Waals surface area contributed by atoms with Gasteiger partial charge < -0.3 is 76.9 Å². The Balaban J connectivity index is 5.87. The van der Waals surface area contributed by atoms with Crippen molar-refractivity contribution in [2.75, 3.05) is 39.3 Å². The van der Waals surface area contributed by atoms with Crippen LogP contribution >= 0.6 is 0 Å².